The van der Waals surface area contributed by atoms with E-state index in [4.69, 9.17) is 33.2 Å². The summed E-state index contributed by atoms with van der Waals surface area (Å²) in [6.45, 7) is 1.51. The van der Waals surface area contributed by atoms with Crippen molar-refractivity contribution in [1.82, 2.24) is 10.2 Å². The van der Waals surface area contributed by atoms with Crippen LogP contribution in [0.4, 0.5) is 5.82 Å². The van der Waals surface area contributed by atoms with E-state index in [2.05, 4.69) is 15.5 Å². The van der Waals surface area contributed by atoms with Gasteiger partial charge in [-0.25, -0.2) is 0 Å². The molecule has 21 heavy (non-hydrogen) atoms. The standard InChI is InChI=1S/C13H10Cl2N4O2/c1-7-2-9(14)3-10(15)12(7)21-6-11(20)18-13-8(4-16)5-17-19-13/h2-3,5H,6H2,1H3,(H2,17,18,19,20). The third-order valence-corrected chi connectivity index (χ3v) is 3.06. The number of nitrogens with one attached hydrogen (secondary N) is 2. The first-order chi connectivity index (χ1) is 10.0. The number of carbonyl (C=O) groups is 1. The lowest BCUT2D eigenvalue weighted by atomic mass is 10.2. The van der Waals surface area contributed by atoms with E-state index in [1.807, 2.05) is 6.07 Å². The predicted molar refractivity (Wildman–Crippen MR) is 78.6 cm³/mol. The number of rotatable bonds is 4. The fraction of sp³-hybridized carbons (Fsp3) is 0.154. The molecule has 1 aromatic heterocycles. The third-order valence-electron chi connectivity index (χ3n) is 2.57. The van der Waals surface area contributed by atoms with E-state index < -0.39 is 5.91 Å². The monoisotopic (exact) mass is 324 g/mol. The van der Waals surface area contributed by atoms with Crippen LogP contribution in [0.3, 0.4) is 0 Å². The smallest absolute Gasteiger partial charge is 0.263 e. The summed E-state index contributed by atoms with van der Waals surface area (Å²) in [5.41, 5.74) is 0.962. The Balaban J connectivity index is 2.01. The zero-order chi connectivity index (χ0) is 15.4. The first kappa shape index (κ1) is 15.2. The molecule has 6 nitrogen and oxygen atoms in total. The third kappa shape index (κ3) is 3.66. The van der Waals surface area contributed by atoms with Crippen LogP contribution < -0.4 is 10.1 Å². The highest BCUT2D eigenvalue weighted by molar-refractivity contribution is 6.35. The van der Waals surface area contributed by atoms with Gasteiger partial charge in [0, 0.05) is 5.02 Å². The lowest BCUT2D eigenvalue weighted by Crippen LogP contribution is -2.21. The van der Waals surface area contributed by atoms with Gasteiger partial charge in [-0.3, -0.25) is 9.89 Å². The number of aromatic nitrogens is 2. The highest BCUT2D eigenvalue weighted by Crippen LogP contribution is 2.31. The number of hydrogen-bond donors (Lipinski definition) is 2. The van der Waals surface area contributed by atoms with Gasteiger partial charge in [-0.1, -0.05) is 23.2 Å². The topological polar surface area (TPSA) is 90.8 Å². The maximum atomic E-state index is 11.8. The van der Waals surface area contributed by atoms with Gasteiger partial charge in [0.2, 0.25) is 0 Å². The molecule has 0 bridgehead atoms. The number of ether oxygens (including phenoxy) is 1. The molecule has 0 spiro atoms. The molecule has 0 aliphatic heterocycles. The number of aryl methyl sites for hydroxylation is 1. The molecule has 0 fully saturated rings. The number of halogens is 2. The van der Waals surface area contributed by atoms with E-state index >= 15 is 0 Å². The number of H-pyrrole nitrogens is 1. The van der Waals surface area contributed by atoms with Crippen LogP contribution in [0.5, 0.6) is 5.75 Å². The molecule has 1 aromatic carbocycles. The first-order valence-electron chi connectivity index (χ1n) is 5.83. The van der Waals surface area contributed by atoms with Crippen molar-refractivity contribution in [3.8, 4) is 11.8 Å². The molecule has 8 heteroatoms. The van der Waals surface area contributed by atoms with Crippen molar-refractivity contribution >= 4 is 34.9 Å². The number of aromatic amines is 1. The molecule has 0 aliphatic rings. The van der Waals surface area contributed by atoms with Gasteiger partial charge in [-0.05, 0) is 24.6 Å². The number of hydrogen-bond acceptors (Lipinski definition) is 4. The highest BCUT2D eigenvalue weighted by Gasteiger charge is 2.12. The molecule has 2 aromatic rings. The molecule has 0 atom stereocenters. The molecule has 0 radical (unpaired) electrons. The fourth-order valence-electron chi connectivity index (χ4n) is 1.65. The number of nitrogens with zero attached hydrogens (tertiary/aromatic N) is 2. The summed E-state index contributed by atoms with van der Waals surface area (Å²) in [7, 11) is 0. The van der Waals surface area contributed by atoms with Crippen LogP contribution in [0.25, 0.3) is 0 Å². The molecule has 1 amide bonds. The summed E-state index contributed by atoms with van der Waals surface area (Å²) in [4.78, 5) is 11.8. The van der Waals surface area contributed by atoms with Crippen LogP contribution in [0.2, 0.25) is 10.0 Å². The van der Waals surface area contributed by atoms with Gasteiger partial charge >= 0.3 is 0 Å². The van der Waals surface area contributed by atoms with Crippen molar-refractivity contribution < 1.29 is 9.53 Å². The summed E-state index contributed by atoms with van der Waals surface area (Å²) in [6, 6.07) is 5.11. The molecule has 0 saturated carbocycles. The minimum absolute atomic E-state index is 0.227. The quantitative estimate of drug-likeness (QED) is 0.904. The molecular formula is C13H10Cl2N4O2. The summed E-state index contributed by atoms with van der Waals surface area (Å²) < 4.78 is 5.39. The molecule has 0 saturated heterocycles. The van der Waals surface area contributed by atoms with Crippen LogP contribution in [0.15, 0.2) is 18.3 Å². The average molecular weight is 325 g/mol. The Hall–Kier alpha value is -2.23. The normalized spacial score (nSPS) is 10.0. The molecular weight excluding hydrogens is 315 g/mol. The van der Waals surface area contributed by atoms with Gasteiger partial charge in [0.15, 0.2) is 6.61 Å². The van der Waals surface area contributed by atoms with Gasteiger partial charge in [0.05, 0.1) is 11.2 Å². The number of anilines is 1. The lowest BCUT2D eigenvalue weighted by molar-refractivity contribution is -0.118. The van der Waals surface area contributed by atoms with Gasteiger partial charge in [-0.15, -0.1) is 0 Å². The Bertz CT molecular complexity index is 698. The van der Waals surface area contributed by atoms with Crippen LogP contribution in [-0.2, 0) is 4.79 Å². The van der Waals surface area contributed by atoms with Crippen molar-refractivity contribution in [3.63, 3.8) is 0 Å². The summed E-state index contributed by atoms with van der Waals surface area (Å²) >= 11 is 11.9. The first-order valence-corrected chi connectivity index (χ1v) is 6.58. The van der Waals surface area contributed by atoms with Crippen LogP contribution in [0.1, 0.15) is 11.1 Å². The predicted octanol–water partition coefficient (Wildman–Crippen LogP) is 2.91. The van der Waals surface area contributed by atoms with E-state index in [0.717, 1.165) is 5.56 Å². The van der Waals surface area contributed by atoms with Crippen molar-refractivity contribution in [2.24, 2.45) is 0 Å². The van der Waals surface area contributed by atoms with E-state index in [0.29, 0.717) is 15.8 Å². The van der Waals surface area contributed by atoms with Crippen molar-refractivity contribution in [2.45, 2.75) is 6.92 Å². The maximum absolute atomic E-state index is 11.8. The second kappa shape index (κ2) is 6.48. The Morgan fingerprint density at radius 1 is 1.52 bits per heavy atom. The maximum Gasteiger partial charge on any atom is 0.263 e. The molecule has 2 N–H and O–H groups in total. The minimum atomic E-state index is -0.443. The highest BCUT2D eigenvalue weighted by atomic mass is 35.5. The van der Waals surface area contributed by atoms with Crippen molar-refractivity contribution in [2.75, 3.05) is 11.9 Å². The van der Waals surface area contributed by atoms with Gasteiger partial charge in [0.25, 0.3) is 5.91 Å². The minimum Gasteiger partial charge on any atom is -0.482 e. The second-order valence-corrected chi connectivity index (χ2v) is 4.98. The average Bonchev–Trinajstić information content (AvgIpc) is 2.84. The van der Waals surface area contributed by atoms with Gasteiger partial charge < -0.3 is 10.1 Å². The number of amides is 1. The SMILES string of the molecule is Cc1cc(Cl)cc(Cl)c1OCC(=O)Nc1[nH]ncc1C#N. The van der Waals surface area contributed by atoms with Gasteiger partial charge in [-0.2, -0.15) is 10.4 Å². The summed E-state index contributed by atoms with van der Waals surface area (Å²) in [5, 5.41) is 18.3. The molecule has 0 aliphatic carbocycles. The van der Waals surface area contributed by atoms with Crippen LogP contribution in [0, 0.1) is 18.3 Å². The van der Waals surface area contributed by atoms with Crippen molar-refractivity contribution in [1.29, 1.82) is 5.26 Å². The zero-order valence-electron chi connectivity index (χ0n) is 10.9. The van der Waals surface area contributed by atoms with Gasteiger partial charge in [0.1, 0.15) is 23.2 Å². The van der Waals surface area contributed by atoms with Crippen LogP contribution >= 0.6 is 23.2 Å². The molecule has 2 rings (SSSR count). The van der Waals surface area contributed by atoms with E-state index in [1.165, 1.54) is 12.3 Å². The fourth-order valence-corrected chi connectivity index (χ4v) is 2.30. The Labute approximate surface area is 130 Å². The number of nitriles is 1. The van der Waals surface area contributed by atoms with E-state index in [1.54, 1.807) is 13.0 Å². The largest absolute Gasteiger partial charge is 0.482 e. The lowest BCUT2D eigenvalue weighted by Gasteiger charge is -2.11. The molecule has 0 unspecified atom stereocenters. The second-order valence-electron chi connectivity index (χ2n) is 4.14. The Morgan fingerprint density at radius 2 is 2.29 bits per heavy atom. The number of benzene rings is 1. The molecule has 108 valence electrons. The zero-order valence-corrected chi connectivity index (χ0v) is 12.4. The van der Waals surface area contributed by atoms with E-state index in [-0.39, 0.29) is 18.0 Å². The Morgan fingerprint density at radius 3 is 2.95 bits per heavy atom. The molecule has 1 heterocycles. The van der Waals surface area contributed by atoms with Crippen molar-refractivity contribution in [3.05, 3.63) is 39.5 Å². The summed E-state index contributed by atoms with van der Waals surface area (Å²) in [6.07, 6.45) is 1.32. The summed E-state index contributed by atoms with van der Waals surface area (Å²) in [5.74, 6) is 0.174. The Kier molecular flexibility index (Phi) is 4.68. The number of carbonyl (C=O) groups excluding carboxylic acids is 1. The van der Waals surface area contributed by atoms with E-state index in [9.17, 15) is 4.79 Å². The van der Waals surface area contributed by atoms with Crippen LogP contribution in [-0.4, -0.2) is 22.7 Å².